The van der Waals surface area contributed by atoms with Gasteiger partial charge in [-0.3, -0.25) is 9.59 Å². The van der Waals surface area contributed by atoms with Crippen molar-refractivity contribution in [2.75, 3.05) is 12.4 Å². The molecule has 4 heterocycles. The Morgan fingerprint density at radius 3 is 2.68 bits per heavy atom. The van der Waals surface area contributed by atoms with Gasteiger partial charge in [-0.2, -0.15) is 0 Å². The zero-order valence-electron chi connectivity index (χ0n) is 20.8. The minimum Gasteiger partial charge on any atom is -0.331 e. The second kappa shape index (κ2) is 9.64. The molecule has 1 atom stereocenters. The second-order valence-electron chi connectivity index (χ2n) is 8.63. The van der Waals surface area contributed by atoms with E-state index >= 15 is 0 Å². The first kappa shape index (κ1) is 23.8. The van der Waals surface area contributed by atoms with Gasteiger partial charge in [-0.1, -0.05) is 5.92 Å². The van der Waals surface area contributed by atoms with Crippen molar-refractivity contribution in [2.45, 2.75) is 13.0 Å². The molecule has 1 aromatic carbocycles. The van der Waals surface area contributed by atoms with Crippen molar-refractivity contribution in [3.8, 4) is 23.1 Å². The summed E-state index contributed by atoms with van der Waals surface area (Å²) in [7, 11) is 5.33. The highest BCUT2D eigenvalue weighted by atomic mass is 16.2. The molecule has 5 aromatic rings. The quantitative estimate of drug-likeness (QED) is 0.369. The van der Waals surface area contributed by atoms with E-state index in [-0.39, 0.29) is 11.5 Å². The van der Waals surface area contributed by atoms with Gasteiger partial charge in [0.25, 0.3) is 5.56 Å². The summed E-state index contributed by atoms with van der Waals surface area (Å²) >= 11 is 0. The van der Waals surface area contributed by atoms with E-state index in [4.69, 9.17) is 0 Å². The molecule has 2 N–H and O–H groups in total. The van der Waals surface area contributed by atoms with Crippen LogP contribution < -0.4 is 16.2 Å². The van der Waals surface area contributed by atoms with Crippen LogP contribution in [0.25, 0.3) is 33.3 Å². The summed E-state index contributed by atoms with van der Waals surface area (Å²) < 4.78 is 3.44. The van der Waals surface area contributed by atoms with Gasteiger partial charge in [-0.25, -0.2) is 19.9 Å². The number of hydrogen-bond donors (Lipinski definition) is 2. The molecule has 10 heteroatoms. The van der Waals surface area contributed by atoms with Crippen molar-refractivity contribution in [1.29, 1.82) is 0 Å². The average molecular weight is 493 g/mol. The number of benzene rings is 1. The van der Waals surface area contributed by atoms with Crippen LogP contribution >= 0.6 is 0 Å². The fourth-order valence-corrected chi connectivity index (χ4v) is 3.96. The molecule has 0 spiro atoms. The molecular weight excluding hydrogens is 468 g/mol. The van der Waals surface area contributed by atoms with Crippen molar-refractivity contribution in [3.05, 3.63) is 76.7 Å². The number of fused-ring (bicyclic) bond motifs is 2. The maximum Gasteiger partial charge on any atom is 0.250 e. The monoisotopic (exact) mass is 492 g/mol. The molecule has 0 bridgehead atoms. The van der Waals surface area contributed by atoms with Gasteiger partial charge in [0, 0.05) is 31.3 Å². The Balaban J connectivity index is 1.60. The first-order valence-electron chi connectivity index (χ1n) is 11.6. The molecule has 1 amide bonds. The Morgan fingerprint density at radius 2 is 1.86 bits per heavy atom. The summed E-state index contributed by atoms with van der Waals surface area (Å²) in [4.78, 5) is 42.1. The topological polar surface area (TPSA) is 120 Å². The summed E-state index contributed by atoms with van der Waals surface area (Å²) in [5.41, 5.74) is 4.68. The van der Waals surface area contributed by atoms with Gasteiger partial charge in [0.1, 0.15) is 23.4 Å². The lowest BCUT2D eigenvalue weighted by atomic mass is 10.1. The third kappa shape index (κ3) is 4.68. The maximum absolute atomic E-state index is 12.6. The van der Waals surface area contributed by atoms with E-state index < -0.39 is 6.04 Å². The zero-order chi connectivity index (χ0) is 26.1. The molecule has 1 unspecified atom stereocenters. The van der Waals surface area contributed by atoms with Gasteiger partial charge in [-0.15, -0.1) is 0 Å². The van der Waals surface area contributed by atoms with Gasteiger partial charge in [0.05, 0.1) is 23.6 Å². The smallest absolute Gasteiger partial charge is 0.250 e. The van der Waals surface area contributed by atoms with E-state index in [2.05, 4.69) is 42.4 Å². The molecule has 0 fully saturated rings. The van der Waals surface area contributed by atoms with Crippen molar-refractivity contribution < 1.29 is 4.79 Å². The molecule has 0 saturated carbocycles. The van der Waals surface area contributed by atoms with Crippen LogP contribution in [0.1, 0.15) is 18.2 Å². The highest BCUT2D eigenvalue weighted by Gasteiger charge is 2.16. The van der Waals surface area contributed by atoms with E-state index in [0.717, 1.165) is 27.5 Å². The normalized spacial score (nSPS) is 11.8. The van der Waals surface area contributed by atoms with Crippen LogP contribution in [0.5, 0.6) is 0 Å². The molecule has 0 saturated heterocycles. The fraction of sp³-hybridized carbons (Fsp3) is 0.185. The van der Waals surface area contributed by atoms with E-state index in [1.54, 1.807) is 44.0 Å². The molecule has 0 aliphatic heterocycles. The van der Waals surface area contributed by atoms with E-state index in [1.807, 2.05) is 35.9 Å². The molecule has 4 aromatic heterocycles. The number of nitrogens with one attached hydrogen (secondary N) is 2. The summed E-state index contributed by atoms with van der Waals surface area (Å²) in [6, 6.07) is 12.2. The Hall–Kier alpha value is -4.88. The van der Waals surface area contributed by atoms with Crippen molar-refractivity contribution in [1.82, 2.24) is 34.4 Å². The number of aromatic nitrogens is 6. The van der Waals surface area contributed by atoms with E-state index in [9.17, 15) is 9.59 Å². The van der Waals surface area contributed by atoms with Gasteiger partial charge >= 0.3 is 0 Å². The number of likely N-dealkylation sites (N-methyl/N-ethyl adjacent to an activating group) is 1. The van der Waals surface area contributed by atoms with Crippen LogP contribution in [0, 0.1) is 11.8 Å². The molecule has 0 radical (unpaired) electrons. The Morgan fingerprint density at radius 1 is 1.03 bits per heavy atom. The number of hydrogen-bond acceptors (Lipinski definition) is 7. The van der Waals surface area contributed by atoms with Crippen LogP contribution in [-0.2, 0) is 18.9 Å². The molecule has 5 rings (SSSR count). The average Bonchev–Trinajstić information content (AvgIpc) is 3.29. The van der Waals surface area contributed by atoms with Crippen molar-refractivity contribution >= 4 is 33.8 Å². The van der Waals surface area contributed by atoms with E-state index in [0.29, 0.717) is 22.9 Å². The Kier molecular flexibility index (Phi) is 6.21. The highest BCUT2D eigenvalue weighted by molar-refractivity contribution is 5.95. The summed E-state index contributed by atoms with van der Waals surface area (Å²) in [5, 5.41) is 6.68. The predicted molar refractivity (Wildman–Crippen MR) is 142 cm³/mol. The van der Waals surface area contributed by atoms with Crippen LogP contribution in [0.2, 0.25) is 0 Å². The predicted octanol–water partition coefficient (Wildman–Crippen LogP) is 2.22. The number of pyridine rings is 2. The summed E-state index contributed by atoms with van der Waals surface area (Å²) in [6.45, 7) is 1.76. The number of carbonyl (C=O) groups is 1. The number of imidazole rings is 1. The van der Waals surface area contributed by atoms with Crippen LogP contribution in [0.15, 0.2) is 59.9 Å². The molecular formula is C27H24N8O2. The van der Waals surface area contributed by atoms with Crippen LogP contribution in [-0.4, -0.2) is 48.1 Å². The van der Waals surface area contributed by atoms with Crippen molar-refractivity contribution in [3.63, 3.8) is 0 Å². The fourth-order valence-electron chi connectivity index (χ4n) is 3.96. The second-order valence-corrected chi connectivity index (χ2v) is 8.63. The number of carbonyl (C=O) groups excluding carboxylic acids is 1. The SMILES string of the molecule is CNC(C)C(=O)Nc1cc(-c2ncnc3ncn(C)c23)cc(C#Cc2ccc3c(ccc(=O)n3C)c2)n1. The van der Waals surface area contributed by atoms with Gasteiger partial charge < -0.3 is 19.8 Å². The number of rotatable bonds is 4. The highest BCUT2D eigenvalue weighted by Crippen LogP contribution is 2.27. The molecule has 37 heavy (non-hydrogen) atoms. The van der Waals surface area contributed by atoms with Crippen molar-refractivity contribution in [2.24, 2.45) is 14.1 Å². The standard InChI is InChI=1S/C27H24N8O2/c1-16(28-2)27(37)33-22-13-19(24-25-26(30-14-29-24)31-15-34(25)3)12-20(32-22)8-5-17-6-9-21-18(11-17)7-10-23(36)35(21)4/h6-7,9-16,28H,1-4H3,(H,32,33,37). The number of aryl methyl sites for hydroxylation is 2. The minimum absolute atomic E-state index is 0.0678. The zero-order valence-corrected chi connectivity index (χ0v) is 20.8. The lowest BCUT2D eigenvalue weighted by Crippen LogP contribution is -2.35. The third-order valence-electron chi connectivity index (χ3n) is 6.15. The third-order valence-corrected chi connectivity index (χ3v) is 6.15. The lowest BCUT2D eigenvalue weighted by Gasteiger charge is -2.12. The van der Waals surface area contributed by atoms with Crippen LogP contribution in [0.3, 0.4) is 0 Å². The number of anilines is 1. The van der Waals surface area contributed by atoms with Gasteiger partial charge in [0.2, 0.25) is 5.91 Å². The first-order valence-corrected chi connectivity index (χ1v) is 11.6. The summed E-state index contributed by atoms with van der Waals surface area (Å²) in [5.74, 6) is 6.40. The first-order chi connectivity index (χ1) is 17.8. The number of amides is 1. The van der Waals surface area contributed by atoms with E-state index in [1.165, 1.54) is 12.4 Å². The number of nitrogens with zero attached hydrogens (tertiary/aromatic N) is 6. The van der Waals surface area contributed by atoms with Crippen LogP contribution in [0.4, 0.5) is 5.82 Å². The van der Waals surface area contributed by atoms with Gasteiger partial charge in [0.15, 0.2) is 5.65 Å². The summed E-state index contributed by atoms with van der Waals surface area (Å²) in [6.07, 6.45) is 3.14. The lowest BCUT2D eigenvalue weighted by molar-refractivity contribution is -0.117. The largest absolute Gasteiger partial charge is 0.331 e. The molecule has 0 aliphatic rings. The molecule has 184 valence electrons. The minimum atomic E-state index is -0.406. The Bertz CT molecular complexity index is 1790. The maximum atomic E-state index is 12.6. The Labute approximate surface area is 212 Å². The molecule has 10 nitrogen and oxygen atoms in total. The molecule has 0 aliphatic carbocycles. The van der Waals surface area contributed by atoms with Gasteiger partial charge in [-0.05, 0) is 61.7 Å².